The zero-order valence-electron chi connectivity index (χ0n) is 11.3. The van der Waals surface area contributed by atoms with E-state index in [1.807, 2.05) is 26.8 Å². The van der Waals surface area contributed by atoms with Crippen molar-refractivity contribution in [3.8, 4) is 11.8 Å². The molecule has 5 heteroatoms. The Kier molecular flexibility index (Phi) is 4.87. The molecule has 1 N–H and O–H groups in total. The first-order valence-corrected chi connectivity index (χ1v) is 6.01. The number of hydrogen-bond donors (Lipinski definition) is 1. The van der Waals surface area contributed by atoms with E-state index >= 15 is 0 Å². The minimum atomic E-state index is -0.651. The molecule has 0 saturated carbocycles. The Balaban J connectivity index is 2.58. The molecule has 1 aromatic carbocycles. The lowest BCUT2D eigenvalue weighted by Crippen LogP contribution is -2.44. The summed E-state index contributed by atoms with van der Waals surface area (Å²) in [6, 6.07) is 5.67. The van der Waals surface area contributed by atoms with Gasteiger partial charge in [0, 0.05) is 5.54 Å². The Morgan fingerprint density at radius 3 is 2.74 bits per heavy atom. The normalized spacial score (nSPS) is 10.7. The predicted octanol–water partition coefficient (Wildman–Crippen LogP) is 2.38. The summed E-state index contributed by atoms with van der Waals surface area (Å²) in [5.74, 6) is -0.999. The highest BCUT2D eigenvalue weighted by atomic mass is 19.1. The first-order valence-electron chi connectivity index (χ1n) is 6.01. The van der Waals surface area contributed by atoms with Crippen LogP contribution in [0.1, 0.15) is 32.8 Å². The maximum Gasteiger partial charge on any atom is 0.258 e. The van der Waals surface area contributed by atoms with Crippen LogP contribution in [0.3, 0.4) is 0 Å². The minimum absolute atomic E-state index is 0.0385. The largest absolute Gasteiger partial charge is 0.481 e. The van der Waals surface area contributed by atoms with Gasteiger partial charge in [-0.2, -0.15) is 5.26 Å². The van der Waals surface area contributed by atoms with Gasteiger partial charge in [0.2, 0.25) is 0 Å². The predicted molar refractivity (Wildman–Crippen MR) is 69.1 cm³/mol. The van der Waals surface area contributed by atoms with Crippen LogP contribution in [0.15, 0.2) is 18.2 Å². The van der Waals surface area contributed by atoms with Crippen LogP contribution in [-0.4, -0.2) is 18.1 Å². The number of benzene rings is 1. The highest BCUT2D eigenvalue weighted by Gasteiger charge is 2.18. The number of carbonyl (C=O) groups excluding carboxylic acids is 1. The molecule has 0 radical (unpaired) electrons. The lowest BCUT2D eigenvalue weighted by atomic mass is 10.0. The minimum Gasteiger partial charge on any atom is -0.481 e. The van der Waals surface area contributed by atoms with E-state index in [2.05, 4.69) is 5.32 Å². The van der Waals surface area contributed by atoms with Crippen molar-refractivity contribution in [2.75, 3.05) is 6.61 Å². The molecule has 102 valence electrons. The van der Waals surface area contributed by atoms with Crippen molar-refractivity contribution < 1.29 is 13.9 Å². The second kappa shape index (κ2) is 6.19. The Labute approximate surface area is 112 Å². The van der Waals surface area contributed by atoms with E-state index in [4.69, 9.17) is 10.00 Å². The zero-order chi connectivity index (χ0) is 14.5. The van der Waals surface area contributed by atoms with E-state index < -0.39 is 5.82 Å². The first-order chi connectivity index (χ1) is 8.88. The molecule has 0 unspecified atom stereocenters. The molecule has 1 aromatic rings. The van der Waals surface area contributed by atoms with E-state index in [1.165, 1.54) is 12.1 Å². The Hall–Kier alpha value is -2.09. The number of rotatable bonds is 5. The van der Waals surface area contributed by atoms with E-state index in [0.717, 1.165) is 12.5 Å². The standard InChI is InChI=1S/C14H17FN2O2/c1-4-14(2,3)17-13(18)9-19-12-6-5-10(8-16)7-11(12)15/h5-7H,4,9H2,1-3H3,(H,17,18). The average Bonchev–Trinajstić information content (AvgIpc) is 2.36. The number of nitrogens with one attached hydrogen (secondary N) is 1. The van der Waals surface area contributed by atoms with Gasteiger partial charge in [-0.15, -0.1) is 0 Å². The number of nitrogens with zero attached hydrogens (tertiary/aromatic N) is 1. The lowest BCUT2D eigenvalue weighted by Gasteiger charge is -2.24. The van der Waals surface area contributed by atoms with E-state index in [9.17, 15) is 9.18 Å². The molecule has 0 aliphatic carbocycles. The molecule has 0 aliphatic rings. The maximum atomic E-state index is 13.5. The van der Waals surface area contributed by atoms with Gasteiger partial charge < -0.3 is 10.1 Å². The molecule has 1 rings (SSSR count). The van der Waals surface area contributed by atoms with Crippen molar-refractivity contribution >= 4 is 5.91 Å². The van der Waals surface area contributed by atoms with Crippen molar-refractivity contribution in [3.05, 3.63) is 29.6 Å². The molecule has 0 aromatic heterocycles. The van der Waals surface area contributed by atoms with Crippen molar-refractivity contribution in [2.24, 2.45) is 0 Å². The van der Waals surface area contributed by atoms with Crippen LogP contribution in [0, 0.1) is 17.1 Å². The molecule has 1 amide bonds. The fourth-order valence-corrected chi connectivity index (χ4v) is 1.33. The number of hydrogen-bond acceptors (Lipinski definition) is 3. The van der Waals surface area contributed by atoms with Crippen LogP contribution in [0.25, 0.3) is 0 Å². The molecule has 0 spiro atoms. The van der Waals surface area contributed by atoms with Crippen molar-refractivity contribution in [1.29, 1.82) is 5.26 Å². The van der Waals surface area contributed by atoms with Gasteiger partial charge in [0.25, 0.3) is 5.91 Å². The summed E-state index contributed by atoms with van der Waals surface area (Å²) in [5.41, 5.74) is -0.106. The Bertz CT molecular complexity index is 507. The quantitative estimate of drug-likeness (QED) is 0.888. The summed E-state index contributed by atoms with van der Waals surface area (Å²) in [4.78, 5) is 11.6. The third-order valence-electron chi connectivity index (χ3n) is 2.78. The van der Waals surface area contributed by atoms with Gasteiger partial charge in [-0.1, -0.05) is 6.92 Å². The molecule has 0 bridgehead atoms. The number of amides is 1. The van der Waals surface area contributed by atoms with E-state index in [-0.39, 0.29) is 29.4 Å². The summed E-state index contributed by atoms with van der Waals surface area (Å²) < 4.78 is 18.6. The lowest BCUT2D eigenvalue weighted by molar-refractivity contribution is -0.124. The molecule has 4 nitrogen and oxygen atoms in total. The second-order valence-electron chi connectivity index (χ2n) is 4.83. The summed E-state index contributed by atoms with van der Waals surface area (Å²) in [6.07, 6.45) is 0.782. The van der Waals surface area contributed by atoms with Gasteiger partial charge in [-0.3, -0.25) is 4.79 Å². The van der Waals surface area contributed by atoms with Gasteiger partial charge in [-0.25, -0.2) is 4.39 Å². The van der Waals surface area contributed by atoms with Crippen LogP contribution >= 0.6 is 0 Å². The maximum absolute atomic E-state index is 13.5. The molecular formula is C14H17FN2O2. The van der Waals surface area contributed by atoms with Gasteiger partial charge in [0.15, 0.2) is 18.2 Å². The number of ether oxygens (including phenoxy) is 1. The highest BCUT2D eigenvalue weighted by Crippen LogP contribution is 2.17. The third kappa shape index (κ3) is 4.59. The SMILES string of the molecule is CCC(C)(C)NC(=O)COc1ccc(C#N)cc1F. The highest BCUT2D eigenvalue weighted by molar-refractivity contribution is 5.78. The Morgan fingerprint density at radius 2 is 2.21 bits per heavy atom. The average molecular weight is 264 g/mol. The molecule has 0 saturated heterocycles. The summed E-state index contributed by atoms with van der Waals surface area (Å²) in [7, 11) is 0. The van der Waals surface area contributed by atoms with Crippen LogP contribution in [-0.2, 0) is 4.79 Å². The van der Waals surface area contributed by atoms with Crippen molar-refractivity contribution in [3.63, 3.8) is 0 Å². The first kappa shape index (κ1) is 15.0. The summed E-state index contributed by atoms with van der Waals surface area (Å²) >= 11 is 0. The van der Waals surface area contributed by atoms with Gasteiger partial charge >= 0.3 is 0 Å². The molecule has 0 aliphatic heterocycles. The smallest absolute Gasteiger partial charge is 0.258 e. The molecular weight excluding hydrogens is 247 g/mol. The summed E-state index contributed by atoms with van der Waals surface area (Å²) in [6.45, 7) is 5.49. The zero-order valence-corrected chi connectivity index (χ0v) is 11.3. The van der Waals surface area contributed by atoms with E-state index in [0.29, 0.717) is 0 Å². The van der Waals surface area contributed by atoms with Crippen molar-refractivity contribution in [1.82, 2.24) is 5.32 Å². The van der Waals surface area contributed by atoms with Gasteiger partial charge in [0.1, 0.15) is 0 Å². The van der Waals surface area contributed by atoms with Crippen LogP contribution in [0.5, 0.6) is 5.75 Å². The van der Waals surface area contributed by atoms with Crippen LogP contribution in [0.4, 0.5) is 4.39 Å². The molecule has 0 heterocycles. The second-order valence-corrected chi connectivity index (χ2v) is 4.83. The number of nitriles is 1. The topological polar surface area (TPSA) is 62.1 Å². The Morgan fingerprint density at radius 1 is 1.53 bits per heavy atom. The summed E-state index contributed by atoms with van der Waals surface area (Å²) in [5, 5.41) is 11.4. The number of halogens is 1. The third-order valence-corrected chi connectivity index (χ3v) is 2.78. The fourth-order valence-electron chi connectivity index (χ4n) is 1.33. The van der Waals surface area contributed by atoms with Gasteiger partial charge in [0.05, 0.1) is 11.6 Å². The van der Waals surface area contributed by atoms with E-state index in [1.54, 1.807) is 0 Å². The van der Waals surface area contributed by atoms with Crippen LogP contribution < -0.4 is 10.1 Å². The van der Waals surface area contributed by atoms with Gasteiger partial charge in [-0.05, 0) is 38.5 Å². The van der Waals surface area contributed by atoms with Crippen molar-refractivity contribution in [2.45, 2.75) is 32.7 Å². The monoisotopic (exact) mass is 264 g/mol. The van der Waals surface area contributed by atoms with Crippen LogP contribution in [0.2, 0.25) is 0 Å². The fraction of sp³-hybridized carbons (Fsp3) is 0.429. The number of carbonyl (C=O) groups is 1. The molecule has 0 atom stereocenters. The molecule has 19 heavy (non-hydrogen) atoms. The molecule has 0 fully saturated rings.